The number of anilines is 3. The van der Waals surface area contributed by atoms with E-state index in [1.807, 2.05) is 55.3 Å². The number of benzene rings is 2. The molecular formula is C17H19N3O. The molecule has 2 N–H and O–H groups in total. The molecular weight excluding hydrogens is 262 g/mol. The molecule has 0 radical (unpaired) electrons. The predicted molar refractivity (Wildman–Crippen MR) is 87.0 cm³/mol. The molecule has 0 aromatic heterocycles. The zero-order chi connectivity index (χ0) is 15.0. The minimum atomic E-state index is -0.0308. The smallest absolute Gasteiger partial charge is 0.260 e. The Kier molecular flexibility index (Phi) is 3.29. The molecule has 0 saturated carbocycles. The van der Waals surface area contributed by atoms with Crippen molar-refractivity contribution in [2.24, 2.45) is 0 Å². The van der Waals surface area contributed by atoms with E-state index >= 15 is 0 Å². The van der Waals surface area contributed by atoms with Crippen LogP contribution in [0.5, 0.6) is 0 Å². The molecule has 0 unspecified atom stereocenters. The number of amides is 1. The van der Waals surface area contributed by atoms with Crippen molar-refractivity contribution in [1.82, 2.24) is 0 Å². The highest BCUT2D eigenvalue weighted by Gasteiger charge is 2.26. The van der Waals surface area contributed by atoms with Crippen LogP contribution in [-0.2, 0) is 0 Å². The molecule has 1 heterocycles. The summed E-state index contributed by atoms with van der Waals surface area (Å²) in [7, 11) is 2.04. The lowest BCUT2D eigenvalue weighted by Gasteiger charge is -2.35. The van der Waals surface area contributed by atoms with Crippen molar-refractivity contribution in [2.45, 2.75) is 6.92 Å². The number of rotatable bonds is 1. The van der Waals surface area contributed by atoms with Crippen molar-refractivity contribution in [1.29, 1.82) is 0 Å². The van der Waals surface area contributed by atoms with Crippen LogP contribution in [-0.4, -0.2) is 26.0 Å². The van der Waals surface area contributed by atoms with Crippen molar-refractivity contribution in [2.75, 3.05) is 35.7 Å². The van der Waals surface area contributed by atoms with Crippen LogP contribution in [0.3, 0.4) is 0 Å². The van der Waals surface area contributed by atoms with Crippen LogP contribution in [0.2, 0.25) is 0 Å². The van der Waals surface area contributed by atoms with E-state index < -0.39 is 0 Å². The second kappa shape index (κ2) is 5.13. The van der Waals surface area contributed by atoms with E-state index in [-0.39, 0.29) is 5.91 Å². The molecule has 2 aromatic rings. The number of nitrogen functional groups attached to an aromatic ring is 1. The third-order valence-corrected chi connectivity index (χ3v) is 3.93. The summed E-state index contributed by atoms with van der Waals surface area (Å²) in [4.78, 5) is 16.9. The summed E-state index contributed by atoms with van der Waals surface area (Å²) in [6.07, 6.45) is 0. The molecule has 0 spiro atoms. The molecule has 0 atom stereocenters. The monoisotopic (exact) mass is 281 g/mol. The number of fused-ring (bicyclic) bond motifs is 1. The highest BCUT2D eigenvalue weighted by atomic mass is 16.2. The fourth-order valence-corrected chi connectivity index (χ4v) is 2.72. The standard InChI is InChI=1S/C17H19N3O/c1-12-7-8-14(18)13(11-12)17(21)20-10-9-19(2)15-5-3-4-6-16(15)20/h3-8,11H,9-10,18H2,1-2H3. The Balaban J connectivity index is 2.03. The van der Waals surface area contributed by atoms with Crippen molar-refractivity contribution >= 4 is 23.0 Å². The Labute approximate surface area is 124 Å². The minimum absolute atomic E-state index is 0.0308. The van der Waals surface area contributed by atoms with E-state index in [1.165, 1.54) is 0 Å². The van der Waals surface area contributed by atoms with Crippen LogP contribution in [0.25, 0.3) is 0 Å². The van der Waals surface area contributed by atoms with Crippen LogP contribution in [0.15, 0.2) is 42.5 Å². The summed E-state index contributed by atoms with van der Waals surface area (Å²) in [5.41, 5.74) is 10.1. The van der Waals surface area contributed by atoms with Gasteiger partial charge in [-0.2, -0.15) is 0 Å². The van der Waals surface area contributed by atoms with Gasteiger partial charge < -0.3 is 15.5 Å². The molecule has 0 bridgehead atoms. The Hall–Kier alpha value is -2.49. The normalized spacial score (nSPS) is 14.0. The molecule has 1 aliphatic rings. The first-order chi connectivity index (χ1) is 10.1. The van der Waals surface area contributed by atoms with Crippen molar-refractivity contribution in [3.63, 3.8) is 0 Å². The maximum atomic E-state index is 12.9. The Morgan fingerprint density at radius 3 is 2.57 bits per heavy atom. The molecule has 2 aromatic carbocycles. The van der Waals surface area contributed by atoms with Gasteiger partial charge in [0.1, 0.15) is 0 Å². The van der Waals surface area contributed by atoms with Gasteiger partial charge >= 0.3 is 0 Å². The molecule has 0 aliphatic carbocycles. The van der Waals surface area contributed by atoms with Gasteiger partial charge in [-0.15, -0.1) is 0 Å². The second-order valence-corrected chi connectivity index (χ2v) is 5.46. The number of carbonyl (C=O) groups is 1. The lowest BCUT2D eigenvalue weighted by molar-refractivity contribution is 0.0987. The molecule has 4 nitrogen and oxygen atoms in total. The second-order valence-electron chi connectivity index (χ2n) is 5.46. The SMILES string of the molecule is Cc1ccc(N)c(C(=O)N2CCN(C)c3ccccc32)c1. The first kappa shape index (κ1) is 13.5. The summed E-state index contributed by atoms with van der Waals surface area (Å²) in [5.74, 6) is -0.0308. The van der Waals surface area contributed by atoms with Gasteiger partial charge in [0, 0.05) is 25.8 Å². The Morgan fingerprint density at radius 2 is 1.81 bits per heavy atom. The van der Waals surface area contributed by atoms with Gasteiger partial charge in [0.2, 0.25) is 0 Å². The summed E-state index contributed by atoms with van der Waals surface area (Å²) >= 11 is 0. The Morgan fingerprint density at radius 1 is 1.10 bits per heavy atom. The maximum Gasteiger partial charge on any atom is 0.260 e. The molecule has 21 heavy (non-hydrogen) atoms. The first-order valence-electron chi connectivity index (χ1n) is 7.06. The fourth-order valence-electron chi connectivity index (χ4n) is 2.72. The third-order valence-electron chi connectivity index (χ3n) is 3.93. The molecule has 0 saturated heterocycles. The van der Waals surface area contributed by atoms with Gasteiger partial charge in [0.05, 0.1) is 16.9 Å². The highest BCUT2D eigenvalue weighted by molar-refractivity contribution is 6.11. The minimum Gasteiger partial charge on any atom is -0.398 e. The van der Waals surface area contributed by atoms with Crippen molar-refractivity contribution < 1.29 is 4.79 Å². The number of nitrogens with two attached hydrogens (primary N) is 1. The molecule has 108 valence electrons. The van der Waals surface area contributed by atoms with Gasteiger partial charge in [-0.05, 0) is 31.2 Å². The van der Waals surface area contributed by atoms with E-state index in [2.05, 4.69) is 4.90 Å². The number of para-hydroxylation sites is 2. The molecule has 4 heteroatoms. The quantitative estimate of drug-likeness (QED) is 0.818. The van der Waals surface area contributed by atoms with E-state index in [9.17, 15) is 4.79 Å². The van der Waals surface area contributed by atoms with E-state index in [1.54, 1.807) is 6.07 Å². The number of hydrogen-bond acceptors (Lipinski definition) is 3. The summed E-state index contributed by atoms with van der Waals surface area (Å²) in [6, 6.07) is 13.5. The van der Waals surface area contributed by atoms with Crippen LogP contribution >= 0.6 is 0 Å². The van der Waals surface area contributed by atoms with E-state index in [0.29, 0.717) is 17.8 Å². The average Bonchev–Trinajstić information content (AvgIpc) is 2.50. The van der Waals surface area contributed by atoms with Crippen molar-refractivity contribution in [3.8, 4) is 0 Å². The number of likely N-dealkylation sites (N-methyl/N-ethyl adjacent to an activating group) is 1. The highest BCUT2D eigenvalue weighted by Crippen LogP contribution is 2.33. The third kappa shape index (κ3) is 2.33. The summed E-state index contributed by atoms with van der Waals surface area (Å²) in [5, 5.41) is 0. The van der Waals surface area contributed by atoms with Crippen LogP contribution in [0, 0.1) is 6.92 Å². The van der Waals surface area contributed by atoms with Crippen LogP contribution in [0.1, 0.15) is 15.9 Å². The fraction of sp³-hybridized carbons (Fsp3) is 0.235. The van der Waals surface area contributed by atoms with Gasteiger partial charge in [-0.3, -0.25) is 4.79 Å². The zero-order valence-corrected chi connectivity index (χ0v) is 12.3. The first-order valence-corrected chi connectivity index (χ1v) is 7.06. The topological polar surface area (TPSA) is 49.6 Å². The molecule has 0 fully saturated rings. The van der Waals surface area contributed by atoms with E-state index in [4.69, 9.17) is 5.73 Å². The number of nitrogens with zero attached hydrogens (tertiary/aromatic N) is 2. The van der Waals surface area contributed by atoms with Crippen molar-refractivity contribution in [3.05, 3.63) is 53.6 Å². The molecule has 1 amide bonds. The number of hydrogen-bond donors (Lipinski definition) is 1. The van der Waals surface area contributed by atoms with Gasteiger partial charge in [-0.1, -0.05) is 23.8 Å². The van der Waals surface area contributed by atoms with Crippen LogP contribution in [0.4, 0.5) is 17.1 Å². The van der Waals surface area contributed by atoms with Gasteiger partial charge in [0.15, 0.2) is 0 Å². The van der Waals surface area contributed by atoms with E-state index in [0.717, 1.165) is 23.5 Å². The molecule has 3 rings (SSSR count). The largest absolute Gasteiger partial charge is 0.398 e. The maximum absolute atomic E-state index is 12.9. The lowest BCUT2D eigenvalue weighted by Crippen LogP contribution is -2.42. The molecule has 1 aliphatic heterocycles. The average molecular weight is 281 g/mol. The lowest BCUT2D eigenvalue weighted by atomic mass is 10.1. The Bertz CT molecular complexity index is 696. The summed E-state index contributed by atoms with van der Waals surface area (Å²) in [6.45, 7) is 3.45. The number of aryl methyl sites for hydroxylation is 1. The summed E-state index contributed by atoms with van der Waals surface area (Å²) < 4.78 is 0. The van der Waals surface area contributed by atoms with Gasteiger partial charge in [0.25, 0.3) is 5.91 Å². The predicted octanol–water partition coefficient (Wildman–Crippen LogP) is 2.67. The van der Waals surface area contributed by atoms with Crippen LogP contribution < -0.4 is 15.5 Å². The number of carbonyl (C=O) groups excluding carboxylic acids is 1. The van der Waals surface area contributed by atoms with Gasteiger partial charge in [-0.25, -0.2) is 0 Å². The zero-order valence-electron chi connectivity index (χ0n) is 12.3.